The van der Waals surface area contributed by atoms with Crippen LogP contribution in [0.4, 0.5) is 0 Å². The Morgan fingerprint density at radius 1 is 1.40 bits per heavy atom. The van der Waals surface area contributed by atoms with Crippen LogP contribution in [0.3, 0.4) is 0 Å². The molecule has 0 aromatic carbocycles. The summed E-state index contributed by atoms with van der Waals surface area (Å²) >= 11 is 1.72. The lowest BCUT2D eigenvalue weighted by molar-refractivity contribution is -0.672. The second-order valence-corrected chi connectivity index (χ2v) is 9.00. The Balaban J connectivity index is 1.68. The van der Waals surface area contributed by atoms with Gasteiger partial charge in [-0.05, 0) is 31.7 Å². The van der Waals surface area contributed by atoms with Crippen molar-refractivity contribution in [3.8, 4) is 0 Å². The first-order chi connectivity index (χ1) is 11.9. The summed E-state index contributed by atoms with van der Waals surface area (Å²) < 4.78 is 7.79. The first-order valence-corrected chi connectivity index (χ1v) is 9.85. The quantitative estimate of drug-likeness (QED) is 0.709. The highest BCUT2D eigenvalue weighted by Crippen LogP contribution is 2.39. The van der Waals surface area contributed by atoms with Gasteiger partial charge in [0, 0.05) is 11.3 Å². The molecule has 2 N–H and O–H groups in total. The summed E-state index contributed by atoms with van der Waals surface area (Å²) in [7, 11) is 0. The molecule has 0 fully saturated rings. The summed E-state index contributed by atoms with van der Waals surface area (Å²) in [6.45, 7) is 11.4. The summed E-state index contributed by atoms with van der Waals surface area (Å²) in [5.41, 5.74) is 2.14. The summed E-state index contributed by atoms with van der Waals surface area (Å²) in [4.78, 5) is 11.8. The van der Waals surface area contributed by atoms with Crippen LogP contribution in [-0.4, -0.2) is 31.7 Å². The van der Waals surface area contributed by atoms with Crippen LogP contribution in [0.15, 0.2) is 6.33 Å². The van der Waals surface area contributed by atoms with Gasteiger partial charge in [-0.3, -0.25) is 0 Å². The lowest BCUT2D eigenvalue weighted by Gasteiger charge is -2.30. The molecule has 25 heavy (non-hydrogen) atoms. The Morgan fingerprint density at radius 2 is 2.24 bits per heavy atom. The molecule has 0 bridgehead atoms. The zero-order valence-corrected chi connectivity index (χ0v) is 16.2. The Morgan fingerprint density at radius 3 is 3.04 bits per heavy atom. The topological polar surface area (TPSA) is 68.9 Å². The van der Waals surface area contributed by atoms with Crippen molar-refractivity contribution in [1.82, 2.24) is 19.6 Å². The van der Waals surface area contributed by atoms with Crippen LogP contribution in [0.2, 0.25) is 0 Å². The van der Waals surface area contributed by atoms with Gasteiger partial charge < -0.3 is 10.1 Å². The van der Waals surface area contributed by atoms with Crippen molar-refractivity contribution in [3.63, 3.8) is 0 Å². The third-order valence-corrected chi connectivity index (χ3v) is 5.84. The molecule has 0 aliphatic carbocycles. The maximum Gasteiger partial charge on any atom is 0.206 e. The largest absolute Gasteiger partial charge is 0.370 e. The van der Waals surface area contributed by atoms with Gasteiger partial charge in [-0.25, -0.2) is 14.5 Å². The molecule has 3 aromatic heterocycles. The first-order valence-electron chi connectivity index (χ1n) is 9.03. The van der Waals surface area contributed by atoms with Gasteiger partial charge in [0.2, 0.25) is 5.82 Å². The molecule has 134 valence electrons. The van der Waals surface area contributed by atoms with Crippen LogP contribution in [0.5, 0.6) is 0 Å². The van der Waals surface area contributed by atoms with E-state index in [4.69, 9.17) is 9.72 Å². The van der Waals surface area contributed by atoms with E-state index in [-0.39, 0.29) is 5.60 Å². The number of nitrogens with two attached hydrogens (primary N) is 1. The van der Waals surface area contributed by atoms with E-state index in [9.17, 15) is 0 Å². The monoisotopic (exact) mass is 360 g/mol. The number of hydrogen-bond donors (Lipinski definition) is 1. The van der Waals surface area contributed by atoms with Crippen molar-refractivity contribution in [3.05, 3.63) is 22.6 Å². The molecule has 0 saturated heterocycles. The molecule has 0 radical (unpaired) electrons. The number of ether oxygens (including phenoxy) is 1. The SMILES string of the molecule is CC(C)CC[NH2+]Cc1nc2c3c4c(sc3ncn2n1)COC(C)(C)C4. The summed E-state index contributed by atoms with van der Waals surface area (Å²) in [6, 6.07) is 0. The Kier molecular flexibility index (Phi) is 4.25. The van der Waals surface area contributed by atoms with Gasteiger partial charge in [-0.2, -0.15) is 0 Å². The fourth-order valence-corrected chi connectivity index (χ4v) is 4.42. The number of rotatable bonds is 5. The van der Waals surface area contributed by atoms with Gasteiger partial charge in [0.15, 0.2) is 5.65 Å². The minimum atomic E-state index is -0.138. The fraction of sp³-hybridized carbons (Fsp3) is 0.611. The Bertz CT molecular complexity index is 911. The molecule has 4 rings (SSSR count). The van der Waals surface area contributed by atoms with E-state index < -0.39 is 0 Å². The maximum atomic E-state index is 5.96. The molecular formula is C18H26N5OS+. The van der Waals surface area contributed by atoms with E-state index in [0.29, 0.717) is 6.61 Å². The minimum Gasteiger partial charge on any atom is -0.370 e. The van der Waals surface area contributed by atoms with E-state index in [0.717, 1.165) is 41.7 Å². The van der Waals surface area contributed by atoms with Gasteiger partial charge in [-0.15, -0.1) is 16.4 Å². The smallest absolute Gasteiger partial charge is 0.206 e. The summed E-state index contributed by atoms with van der Waals surface area (Å²) in [5, 5.41) is 8.09. The molecule has 3 aromatic rings. The number of aromatic nitrogens is 4. The van der Waals surface area contributed by atoms with Gasteiger partial charge >= 0.3 is 0 Å². The van der Waals surface area contributed by atoms with Crippen molar-refractivity contribution in [1.29, 1.82) is 0 Å². The molecule has 4 heterocycles. The molecule has 0 atom stereocenters. The van der Waals surface area contributed by atoms with Gasteiger partial charge in [0.1, 0.15) is 17.7 Å². The average molecular weight is 361 g/mol. The molecule has 1 aliphatic heterocycles. The Hall–Kier alpha value is -1.57. The van der Waals surface area contributed by atoms with Crippen LogP contribution in [0, 0.1) is 5.92 Å². The van der Waals surface area contributed by atoms with Crippen molar-refractivity contribution in [2.45, 2.75) is 59.3 Å². The highest BCUT2D eigenvalue weighted by atomic mass is 32.1. The lowest BCUT2D eigenvalue weighted by atomic mass is 9.94. The van der Waals surface area contributed by atoms with Gasteiger partial charge in [-0.1, -0.05) is 13.8 Å². The number of thiophene rings is 1. The molecule has 0 amide bonds. The van der Waals surface area contributed by atoms with E-state index in [1.165, 1.54) is 22.2 Å². The maximum absolute atomic E-state index is 5.96. The third kappa shape index (κ3) is 3.28. The zero-order valence-electron chi connectivity index (χ0n) is 15.4. The van der Waals surface area contributed by atoms with E-state index in [1.54, 1.807) is 17.7 Å². The van der Waals surface area contributed by atoms with Crippen LogP contribution in [0.25, 0.3) is 15.9 Å². The first kappa shape index (κ1) is 16.9. The number of nitrogens with zero attached hydrogens (tertiary/aromatic N) is 4. The van der Waals surface area contributed by atoms with Crippen molar-refractivity contribution < 1.29 is 10.1 Å². The number of fused-ring (bicyclic) bond motifs is 5. The van der Waals surface area contributed by atoms with Crippen LogP contribution in [0.1, 0.15) is 50.4 Å². The van der Waals surface area contributed by atoms with E-state index >= 15 is 0 Å². The molecule has 0 saturated carbocycles. The fourth-order valence-electron chi connectivity index (χ4n) is 3.36. The molecule has 0 unspecified atom stereocenters. The van der Waals surface area contributed by atoms with Gasteiger partial charge in [0.05, 0.1) is 24.1 Å². The van der Waals surface area contributed by atoms with Crippen molar-refractivity contribution in [2.24, 2.45) is 5.92 Å². The minimum absolute atomic E-state index is 0.138. The Labute approximate surface area is 151 Å². The molecule has 0 spiro atoms. The van der Waals surface area contributed by atoms with E-state index in [1.807, 2.05) is 4.52 Å². The predicted molar refractivity (Wildman–Crippen MR) is 98.7 cm³/mol. The second kappa shape index (κ2) is 6.30. The van der Waals surface area contributed by atoms with Gasteiger partial charge in [0.25, 0.3) is 0 Å². The summed E-state index contributed by atoms with van der Waals surface area (Å²) in [5.74, 6) is 1.61. The van der Waals surface area contributed by atoms with Crippen LogP contribution in [-0.2, 0) is 24.3 Å². The summed E-state index contributed by atoms with van der Waals surface area (Å²) in [6.07, 6.45) is 3.90. The van der Waals surface area contributed by atoms with Crippen molar-refractivity contribution in [2.75, 3.05) is 6.54 Å². The second-order valence-electron chi connectivity index (χ2n) is 7.91. The van der Waals surface area contributed by atoms with Crippen LogP contribution < -0.4 is 5.32 Å². The highest BCUT2D eigenvalue weighted by Gasteiger charge is 2.30. The highest BCUT2D eigenvalue weighted by molar-refractivity contribution is 7.19. The van der Waals surface area contributed by atoms with Crippen molar-refractivity contribution >= 4 is 27.2 Å². The number of quaternary nitrogens is 1. The standard InChI is InChI=1S/C18H25N5OS/c1-11(2)5-6-19-8-14-21-16-15-12-7-18(3,4)24-9-13(12)25-17(15)20-10-23(16)22-14/h10-11,19H,5-9H2,1-4H3/p+1. The normalized spacial score (nSPS) is 16.8. The lowest BCUT2D eigenvalue weighted by Crippen LogP contribution is -2.82. The molecule has 1 aliphatic rings. The van der Waals surface area contributed by atoms with Crippen LogP contribution >= 0.6 is 11.3 Å². The third-order valence-electron chi connectivity index (χ3n) is 4.73. The predicted octanol–water partition coefficient (Wildman–Crippen LogP) is 2.30. The molecular weight excluding hydrogens is 334 g/mol. The molecule has 7 heteroatoms. The molecule has 6 nitrogen and oxygen atoms in total. The van der Waals surface area contributed by atoms with E-state index in [2.05, 4.69) is 43.1 Å². The average Bonchev–Trinajstić information content (AvgIpc) is 3.10. The number of hydrogen-bond acceptors (Lipinski definition) is 5. The zero-order chi connectivity index (χ0) is 17.6.